The van der Waals surface area contributed by atoms with Gasteiger partial charge in [0.25, 0.3) is 0 Å². The van der Waals surface area contributed by atoms with E-state index >= 15 is 0 Å². The molecule has 1 aliphatic carbocycles. The van der Waals surface area contributed by atoms with Crippen LogP contribution in [0.4, 0.5) is 0 Å². The molecule has 1 fully saturated rings. The predicted molar refractivity (Wildman–Crippen MR) is 42.3 cm³/mol. The van der Waals surface area contributed by atoms with Crippen LogP contribution in [0.5, 0.6) is 0 Å². The summed E-state index contributed by atoms with van der Waals surface area (Å²) in [5.74, 6) is -0.734. The van der Waals surface area contributed by atoms with Crippen LogP contribution in [0.3, 0.4) is 0 Å². The molecule has 0 aliphatic heterocycles. The third kappa shape index (κ3) is 1.97. The van der Waals surface area contributed by atoms with Crippen molar-refractivity contribution in [3.8, 4) is 0 Å². The van der Waals surface area contributed by atoms with E-state index in [2.05, 4.69) is 15.9 Å². The second-order valence-corrected chi connectivity index (χ2v) is 4.09. The van der Waals surface area contributed by atoms with Gasteiger partial charge < -0.3 is 5.11 Å². The first-order chi connectivity index (χ1) is 4.70. The lowest BCUT2D eigenvalue weighted by Crippen LogP contribution is -2.22. The first-order valence-electron chi connectivity index (χ1n) is 3.57. The van der Waals surface area contributed by atoms with Gasteiger partial charge in [0.2, 0.25) is 0 Å². The van der Waals surface area contributed by atoms with Gasteiger partial charge in [0, 0.05) is 4.83 Å². The molecule has 2 nitrogen and oxygen atoms in total. The third-order valence-corrected chi connectivity index (χ3v) is 2.79. The molecule has 0 saturated heterocycles. The Morgan fingerprint density at radius 1 is 1.50 bits per heavy atom. The van der Waals surface area contributed by atoms with Gasteiger partial charge in [-0.2, -0.15) is 0 Å². The fourth-order valence-corrected chi connectivity index (χ4v) is 2.13. The highest BCUT2D eigenvalue weighted by atomic mass is 79.9. The van der Waals surface area contributed by atoms with Crippen molar-refractivity contribution in [3.63, 3.8) is 0 Å². The van der Waals surface area contributed by atoms with Crippen LogP contribution in [0.25, 0.3) is 0 Å². The molecule has 0 aromatic carbocycles. The number of carboxylic acid groups (broad SMARTS) is 1. The molecule has 1 aliphatic rings. The van der Waals surface area contributed by atoms with Crippen molar-refractivity contribution in [2.45, 2.75) is 30.5 Å². The minimum Gasteiger partial charge on any atom is -0.481 e. The summed E-state index contributed by atoms with van der Waals surface area (Å²) >= 11 is 3.43. The summed E-state index contributed by atoms with van der Waals surface area (Å²) in [5, 5.41) is 8.64. The molecule has 1 N–H and O–H groups in total. The largest absolute Gasteiger partial charge is 0.481 e. The topological polar surface area (TPSA) is 37.3 Å². The average Bonchev–Trinajstić information content (AvgIpc) is 1.88. The summed E-state index contributed by atoms with van der Waals surface area (Å²) in [4.78, 5) is 10.9. The van der Waals surface area contributed by atoms with Gasteiger partial charge in [0.15, 0.2) is 0 Å². The van der Waals surface area contributed by atoms with Gasteiger partial charge in [-0.15, -0.1) is 0 Å². The first-order valence-corrected chi connectivity index (χ1v) is 4.48. The molecule has 10 heavy (non-hydrogen) atoms. The Labute approximate surface area is 68.7 Å². The maximum atomic E-state index is 10.5. The maximum Gasteiger partial charge on any atom is 0.306 e. The zero-order valence-electron chi connectivity index (χ0n) is 5.72. The number of halogens is 1. The molecule has 1 rings (SSSR count). The van der Waals surface area contributed by atoms with Crippen LogP contribution < -0.4 is 0 Å². The van der Waals surface area contributed by atoms with Crippen LogP contribution >= 0.6 is 15.9 Å². The van der Waals surface area contributed by atoms with Gasteiger partial charge in [-0.25, -0.2) is 0 Å². The molecule has 0 bridgehead atoms. The Kier molecular flexibility index (Phi) is 2.72. The van der Waals surface area contributed by atoms with Gasteiger partial charge in [0.1, 0.15) is 0 Å². The van der Waals surface area contributed by atoms with E-state index < -0.39 is 5.97 Å². The lowest BCUT2D eigenvalue weighted by molar-refractivity contribution is -0.142. The average molecular weight is 207 g/mol. The van der Waals surface area contributed by atoms with Crippen molar-refractivity contribution in [2.24, 2.45) is 5.92 Å². The molecule has 0 heterocycles. The Balaban J connectivity index is 2.39. The van der Waals surface area contributed by atoms with Crippen molar-refractivity contribution >= 4 is 21.9 Å². The van der Waals surface area contributed by atoms with Crippen LogP contribution in [0.1, 0.15) is 25.7 Å². The van der Waals surface area contributed by atoms with Gasteiger partial charge in [-0.3, -0.25) is 4.79 Å². The van der Waals surface area contributed by atoms with Crippen LogP contribution in [0.15, 0.2) is 0 Å². The summed E-state index contributed by atoms with van der Waals surface area (Å²) in [6, 6.07) is 0. The minimum atomic E-state index is -0.635. The van der Waals surface area contributed by atoms with Crippen LogP contribution in [-0.4, -0.2) is 15.9 Å². The van der Waals surface area contributed by atoms with E-state index in [1.165, 1.54) is 0 Å². The molecule has 0 amide bonds. The van der Waals surface area contributed by atoms with Crippen LogP contribution in [-0.2, 0) is 4.79 Å². The molecule has 0 aromatic rings. The summed E-state index contributed by atoms with van der Waals surface area (Å²) in [7, 11) is 0. The van der Waals surface area contributed by atoms with Gasteiger partial charge in [0.05, 0.1) is 5.92 Å². The number of aliphatic carboxylic acids is 1. The minimum absolute atomic E-state index is 0.0990. The van der Waals surface area contributed by atoms with E-state index in [4.69, 9.17) is 5.11 Å². The maximum absolute atomic E-state index is 10.5. The lowest BCUT2D eigenvalue weighted by Gasteiger charge is -2.21. The standard InChI is InChI=1S/C7H11BrO2/c8-6-3-1-2-5(4-6)7(9)10/h5-6H,1-4H2,(H,9,10)/t5-,6-/m1/s1. The third-order valence-electron chi connectivity index (χ3n) is 1.96. The molecule has 0 aromatic heterocycles. The summed E-state index contributed by atoms with van der Waals surface area (Å²) in [6.07, 6.45) is 3.84. The first kappa shape index (κ1) is 8.05. The summed E-state index contributed by atoms with van der Waals surface area (Å²) < 4.78 is 0. The highest BCUT2D eigenvalue weighted by molar-refractivity contribution is 9.09. The number of rotatable bonds is 1. The van der Waals surface area contributed by atoms with E-state index in [9.17, 15) is 4.79 Å². The molecule has 3 heteroatoms. The van der Waals surface area contributed by atoms with E-state index in [-0.39, 0.29) is 5.92 Å². The fraction of sp³-hybridized carbons (Fsp3) is 0.857. The van der Waals surface area contributed by atoms with E-state index in [1.54, 1.807) is 0 Å². The molecule has 2 atom stereocenters. The summed E-state index contributed by atoms with van der Waals surface area (Å²) in [5.41, 5.74) is 0. The van der Waals surface area contributed by atoms with E-state index in [0.717, 1.165) is 25.7 Å². The Hall–Kier alpha value is -0.0500. The number of hydrogen-bond donors (Lipinski definition) is 1. The highest BCUT2D eigenvalue weighted by Crippen LogP contribution is 2.28. The smallest absolute Gasteiger partial charge is 0.306 e. The summed E-state index contributed by atoms with van der Waals surface area (Å²) in [6.45, 7) is 0. The Morgan fingerprint density at radius 3 is 2.60 bits per heavy atom. The second-order valence-electron chi connectivity index (χ2n) is 2.80. The molecule has 0 unspecified atom stereocenters. The Bertz CT molecular complexity index is 136. The fourth-order valence-electron chi connectivity index (χ4n) is 1.35. The molecule has 58 valence electrons. The van der Waals surface area contributed by atoms with Crippen molar-refractivity contribution in [3.05, 3.63) is 0 Å². The number of carbonyl (C=O) groups is 1. The lowest BCUT2D eigenvalue weighted by atomic mass is 9.89. The van der Waals surface area contributed by atoms with Crippen LogP contribution in [0, 0.1) is 5.92 Å². The number of hydrogen-bond acceptors (Lipinski definition) is 1. The van der Waals surface area contributed by atoms with Gasteiger partial charge in [-0.05, 0) is 19.3 Å². The molecular formula is C7H11BrO2. The SMILES string of the molecule is O=C(O)[C@@H]1CCC[C@@H](Br)C1. The quantitative estimate of drug-likeness (QED) is 0.668. The highest BCUT2D eigenvalue weighted by Gasteiger charge is 2.24. The molecular weight excluding hydrogens is 196 g/mol. The van der Waals surface area contributed by atoms with Crippen molar-refractivity contribution in [1.82, 2.24) is 0 Å². The Morgan fingerprint density at radius 2 is 2.20 bits per heavy atom. The van der Waals surface area contributed by atoms with Gasteiger partial charge in [-0.1, -0.05) is 22.4 Å². The second kappa shape index (κ2) is 3.37. The monoisotopic (exact) mass is 206 g/mol. The normalized spacial score (nSPS) is 33.7. The zero-order valence-corrected chi connectivity index (χ0v) is 7.30. The number of carboxylic acids is 1. The van der Waals surface area contributed by atoms with Gasteiger partial charge >= 0.3 is 5.97 Å². The van der Waals surface area contributed by atoms with Crippen molar-refractivity contribution < 1.29 is 9.90 Å². The molecule has 0 spiro atoms. The van der Waals surface area contributed by atoms with Crippen molar-refractivity contribution in [2.75, 3.05) is 0 Å². The van der Waals surface area contributed by atoms with Crippen molar-refractivity contribution in [1.29, 1.82) is 0 Å². The molecule has 0 radical (unpaired) electrons. The predicted octanol–water partition coefficient (Wildman–Crippen LogP) is 2.02. The number of alkyl halides is 1. The van der Waals surface area contributed by atoms with E-state index in [1.807, 2.05) is 0 Å². The molecule has 1 saturated carbocycles. The van der Waals surface area contributed by atoms with Crippen LogP contribution in [0.2, 0.25) is 0 Å². The zero-order chi connectivity index (χ0) is 7.56. The van der Waals surface area contributed by atoms with E-state index in [0.29, 0.717) is 4.83 Å².